The molecule has 1 amide bonds. The second-order valence-electron chi connectivity index (χ2n) is 3.63. The molecule has 14 heavy (non-hydrogen) atoms. The van der Waals surface area contributed by atoms with Crippen molar-refractivity contribution in [2.75, 3.05) is 0 Å². The highest BCUT2D eigenvalue weighted by Gasteiger charge is 2.31. The summed E-state index contributed by atoms with van der Waals surface area (Å²) in [6.45, 7) is 3.61. The molecule has 1 heterocycles. The first-order chi connectivity index (χ1) is 6.48. The Hall–Kier alpha value is -1.71. The summed E-state index contributed by atoms with van der Waals surface area (Å²) < 4.78 is 10.9. The van der Waals surface area contributed by atoms with Gasteiger partial charge in [-0.15, -0.1) is 0 Å². The Bertz CT molecular complexity index is 398. The third-order valence-corrected chi connectivity index (χ3v) is 1.94. The molecule has 0 atom stereocenters. The molecule has 4 heteroatoms. The Morgan fingerprint density at radius 2 is 1.93 bits per heavy atom. The monoisotopic (exact) mass is 193 g/mol. The summed E-state index contributed by atoms with van der Waals surface area (Å²) in [4.78, 5) is 10.9. The van der Waals surface area contributed by atoms with E-state index in [1.54, 1.807) is 32.0 Å². The lowest BCUT2D eigenvalue weighted by Crippen LogP contribution is -2.29. The first-order valence-corrected chi connectivity index (χ1v) is 4.30. The van der Waals surface area contributed by atoms with E-state index in [0.717, 1.165) is 0 Å². The molecule has 4 nitrogen and oxygen atoms in total. The molecule has 2 rings (SSSR count). The van der Waals surface area contributed by atoms with Crippen molar-refractivity contribution in [3.8, 4) is 11.5 Å². The molecule has 0 fully saturated rings. The van der Waals surface area contributed by atoms with Crippen molar-refractivity contribution in [2.45, 2.75) is 19.6 Å². The zero-order chi connectivity index (χ0) is 10.3. The average Bonchev–Trinajstić information content (AvgIpc) is 2.36. The number of fused-ring (bicyclic) bond motifs is 1. The standard InChI is InChI=1S/C10H11NO3/c1-10(2)13-7-4-3-6(9(11)12)5-8(7)14-10/h3-5H,1-2H3,(H2,11,12). The maximum absolute atomic E-state index is 10.9. The molecule has 1 aliphatic heterocycles. The van der Waals surface area contributed by atoms with Gasteiger partial charge in [0.05, 0.1) is 0 Å². The Kier molecular flexibility index (Phi) is 1.67. The van der Waals surface area contributed by atoms with Gasteiger partial charge in [-0.3, -0.25) is 4.79 Å². The van der Waals surface area contributed by atoms with Crippen LogP contribution in [-0.4, -0.2) is 11.7 Å². The lowest BCUT2D eigenvalue weighted by Gasteiger charge is -2.16. The van der Waals surface area contributed by atoms with E-state index in [0.29, 0.717) is 17.1 Å². The molecule has 0 saturated carbocycles. The molecule has 2 N–H and O–H groups in total. The Labute approximate surface area is 81.6 Å². The van der Waals surface area contributed by atoms with Crippen LogP contribution in [0.25, 0.3) is 0 Å². The van der Waals surface area contributed by atoms with Gasteiger partial charge in [0.25, 0.3) is 0 Å². The minimum absolute atomic E-state index is 0.421. The van der Waals surface area contributed by atoms with Gasteiger partial charge < -0.3 is 15.2 Å². The van der Waals surface area contributed by atoms with Crippen LogP contribution < -0.4 is 15.2 Å². The number of hydrogen-bond donors (Lipinski definition) is 1. The van der Waals surface area contributed by atoms with Crippen LogP contribution in [0.3, 0.4) is 0 Å². The maximum Gasteiger partial charge on any atom is 0.248 e. The highest BCUT2D eigenvalue weighted by molar-refractivity contribution is 5.93. The van der Waals surface area contributed by atoms with Gasteiger partial charge in [-0.25, -0.2) is 0 Å². The summed E-state index contributed by atoms with van der Waals surface area (Å²) in [7, 11) is 0. The molecule has 0 aliphatic carbocycles. The van der Waals surface area contributed by atoms with Crippen molar-refractivity contribution in [3.05, 3.63) is 23.8 Å². The van der Waals surface area contributed by atoms with Crippen LogP contribution in [0.1, 0.15) is 24.2 Å². The van der Waals surface area contributed by atoms with Gasteiger partial charge in [0.1, 0.15) is 0 Å². The van der Waals surface area contributed by atoms with Gasteiger partial charge in [-0.2, -0.15) is 0 Å². The van der Waals surface area contributed by atoms with E-state index in [4.69, 9.17) is 15.2 Å². The van der Waals surface area contributed by atoms with Crippen molar-refractivity contribution < 1.29 is 14.3 Å². The number of carbonyl (C=O) groups excluding carboxylic acids is 1. The van der Waals surface area contributed by atoms with Crippen LogP contribution in [0.2, 0.25) is 0 Å². The van der Waals surface area contributed by atoms with Crippen molar-refractivity contribution in [1.82, 2.24) is 0 Å². The fourth-order valence-electron chi connectivity index (χ4n) is 1.38. The van der Waals surface area contributed by atoms with Crippen LogP contribution in [0, 0.1) is 0 Å². The third-order valence-electron chi connectivity index (χ3n) is 1.94. The molecule has 0 radical (unpaired) electrons. The molecule has 0 saturated heterocycles. The topological polar surface area (TPSA) is 61.5 Å². The van der Waals surface area contributed by atoms with Gasteiger partial charge in [0.15, 0.2) is 11.5 Å². The second kappa shape index (κ2) is 2.64. The number of hydrogen-bond acceptors (Lipinski definition) is 3. The highest BCUT2D eigenvalue weighted by atomic mass is 16.7. The van der Waals surface area contributed by atoms with E-state index in [1.165, 1.54) is 0 Å². The number of benzene rings is 1. The fraction of sp³-hybridized carbons (Fsp3) is 0.300. The van der Waals surface area contributed by atoms with E-state index >= 15 is 0 Å². The van der Waals surface area contributed by atoms with Crippen LogP contribution in [0.4, 0.5) is 0 Å². The zero-order valence-electron chi connectivity index (χ0n) is 8.03. The summed E-state index contributed by atoms with van der Waals surface area (Å²) in [5.74, 6) is 0.0610. The zero-order valence-corrected chi connectivity index (χ0v) is 8.03. The van der Waals surface area contributed by atoms with Crippen molar-refractivity contribution in [3.63, 3.8) is 0 Å². The fourth-order valence-corrected chi connectivity index (χ4v) is 1.38. The summed E-state index contributed by atoms with van der Waals surface area (Å²) >= 11 is 0. The molecule has 1 aromatic carbocycles. The quantitative estimate of drug-likeness (QED) is 0.731. The summed E-state index contributed by atoms with van der Waals surface area (Å²) in [5, 5.41) is 0. The molecular weight excluding hydrogens is 182 g/mol. The molecule has 0 spiro atoms. The number of primary amides is 1. The van der Waals surface area contributed by atoms with E-state index < -0.39 is 11.7 Å². The summed E-state index contributed by atoms with van der Waals surface area (Å²) in [6, 6.07) is 4.89. The summed E-state index contributed by atoms with van der Waals surface area (Å²) in [5.41, 5.74) is 5.56. The molecule has 74 valence electrons. The van der Waals surface area contributed by atoms with Gasteiger partial charge in [-0.05, 0) is 18.2 Å². The number of nitrogens with two attached hydrogens (primary N) is 1. The lowest BCUT2D eigenvalue weighted by molar-refractivity contribution is -0.0431. The second-order valence-corrected chi connectivity index (χ2v) is 3.63. The number of carbonyl (C=O) groups is 1. The maximum atomic E-state index is 10.9. The van der Waals surface area contributed by atoms with Crippen LogP contribution in [-0.2, 0) is 0 Å². The van der Waals surface area contributed by atoms with E-state index in [9.17, 15) is 4.79 Å². The number of amides is 1. The average molecular weight is 193 g/mol. The van der Waals surface area contributed by atoms with Crippen LogP contribution in [0.5, 0.6) is 11.5 Å². The molecule has 1 aromatic rings. The van der Waals surface area contributed by atoms with E-state index in [1.807, 2.05) is 0 Å². The van der Waals surface area contributed by atoms with E-state index in [2.05, 4.69) is 0 Å². The van der Waals surface area contributed by atoms with Gasteiger partial charge in [0.2, 0.25) is 11.7 Å². The van der Waals surface area contributed by atoms with Crippen molar-refractivity contribution >= 4 is 5.91 Å². The lowest BCUT2D eigenvalue weighted by atomic mass is 10.2. The SMILES string of the molecule is CC1(C)Oc2ccc(C(N)=O)cc2O1. The third kappa shape index (κ3) is 1.39. The summed E-state index contributed by atoms with van der Waals surface area (Å²) in [6.07, 6.45) is 0. The molecule has 0 aromatic heterocycles. The normalized spacial score (nSPS) is 16.7. The van der Waals surface area contributed by atoms with E-state index in [-0.39, 0.29) is 0 Å². The molecule has 0 unspecified atom stereocenters. The highest BCUT2D eigenvalue weighted by Crippen LogP contribution is 2.39. The minimum Gasteiger partial charge on any atom is -0.449 e. The predicted octanol–water partition coefficient (Wildman–Crippen LogP) is 1.29. The van der Waals surface area contributed by atoms with Crippen LogP contribution in [0.15, 0.2) is 18.2 Å². The Balaban J connectivity index is 2.40. The first-order valence-electron chi connectivity index (χ1n) is 4.30. The minimum atomic E-state index is -0.668. The smallest absolute Gasteiger partial charge is 0.248 e. The largest absolute Gasteiger partial charge is 0.449 e. The Morgan fingerprint density at radius 3 is 2.57 bits per heavy atom. The predicted molar refractivity (Wildman–Crippen MR) is 50.3 cm³/mol. The Morgan fingerprint density at radius 1 is 1.29 bits per heavy atom. The molecular formula is C10H11NO3. The molecule has 0 bridgehead atoms. The molecule has 1 aliphatic rings. The van der Waals surface area contributed by atoms with Gasteiger partial charge in [0, 0.05) is 19.4 Å². The van der Waals surface area contributed by atoms with Crippen LogP contribution >= 0.6 is 0 Å². The van der Waals surface area contributed by atoms with Gasteiger partial charge >= 0.3 is 0 Å². The van der Waals surface area contributed by atoms with Gasteiger partial charge in [-0.1, -0.05) is 0 Å². The number of ether oxygens (including phenoxy) is 2. The number of rotatable bonds is 1. The van der Waals surface area contributed by atoms with Crippen molar-refractivity contribution in [1.29, 1.82) is 0 Å². The van der Waals surface area contributed by atoms with Crippen molar-refractivity contribution in [2.24, 2.45) is 5.73 Å². The first kappa shape index (κ1) is 8.87.